The molecule has 4 heteroatoms. The molecule has 0 saturated carbocycles. The molecule has 0 amide bonds. The predicted molar refractivity (Wildman–Crippen MR) is 51.8 cm³/mol. The van der Waals surface area contributed by atoms with E-state index in [9.17, 15) is 4.80 Å². The van der Waals surface area contributed by atoms with E-state index in [0.717, 1.165) is 24.1 Å². The first-order valence-corrected chi connectivity index (χ1v) is 6.73. The first-order chi connectivity index (χ1) is 6.31. The van der Waals surface area contributed by atoms with Crippen molar-refractivity contribution in [1.82, 2.24) is 0 Å². The predicted octanol–water partition coefficient (Wildman–Crippen LogP) is -2.49. The van der Waals surface area contributed by atoms with E-state index >= 15 is 0 Å². The molecule has 0 radical (unpaired) electrons. The Morgan fingerprint density at radius 1 is 1.14 bits per heavy atom. The van der Waals surface area contributed by atoms with Crippen LogP contribution in [0.25, 0.3) is 0 Å². The molecule has 0 spiro atoms. The second-order valence-electron chi connectivity index (χ2n) is 3.42. The molecule has 1 unspecified atom stereocenters. The number of rotatable bonds is 1. The van der Waals surface area contributed by atoms with Gasteiger partial charge >= 0.3 is 29.6 Å². The van der Waals surface area contributed by atoms with Crippen LogP contribution >= 0.6 is 0 Å². The third kappa shape index (κ3) is 2.69. The first-order valence-electron chi connectivity index (χ1n) is 4.71. The standard InChI is InChI=1S/C10H13O2Si.Na/c11-13(9-5-4-8-12-13)10-6-2-1-3-7-10;/h1-3,6-7H,4-5,8-9H2;/q-1;+1. The van der Waals surface area contributed by atoms with Crippen LogP contribution in [0.5, 0.6) is 0 Å². The maximum Gasteiger partial charge on any atom is 1.00 e. The normalized spacial score (nSPS) is 26.6. The second-order valence-corrected chi connectivity index (χ2v) is 6.30. The van der Waals surface area contributed by atoms with Gasteiger partial charge in [-0.1, -0.05) is 36.8 Å². The molecule has 1 aliphatic heterocycles. The molecule has 1 fully saturated rings. The van der Waals surface area contributed by atoms with E-state index in [1.165, 1.54) is 0 Å². The SMILES string of the molecule is [Na+].[O-][Si]1(c2ccccc2)CCCCO1. The van der Waals surface area contributed by atoms with Crippen LogP contribution < -0.4 is 39.5 Å². The summed E-state index contributed by atoms with van der Waals surface area (Å²) in [7, 11) is -2.76. The van der Waals surface area contributed by atoms with E-state index < -0.39 is 8.56 Å². The Balaban J connectivity index is 0.000000980. The molecular formula is C10H13NaO2Si. The molecule has 1 saturated heterocycles. The Labute approximate surface area is 108 Å². The van der Waals surface area contributed by atoms with Crippen molar-refractivity contribution in [3.8, 4) is 0 Å². The Hall–Kier alpha value is 0.357. The van der Waals surface area contributed by atoms with Gasteiger partial charge in [0, 0.05) is 6.61 Å². The van der Waals surface area contributed by atoms with Crippen molar-refractivity contribution in [3.63, 3.8) is 0 Å². The zero-order valence-corrected chi connectivity index (χ0v) is 11.5. The van der Waals surface area contributed by atoms with Crippen LogP contribution in [0.2, 0.25) is 6.04 Å². The van der Waals surface area contributed by atoms with Crippen LogP contribution in [0.3, 0.4) is 0 Å². The molecule has 0 bridgehead atoms. The molecule has 1 atom stereocenters. The molecule has 14 heavy (non-hydrogen) atoms. The maximum absolute atomic E-state index is 12.2. The van der Waals surface area contributed by atoms with Gasteiger partial charge in [-0.3, -0.25) is 0 Å². The fourth-order valence-electron chi connectivity index (χ4n) is 1.69. The minimum atomic E-state index is -2.76. The van der Waals surface area contributed by atoms with Gasteiger partial charge in [0.25, 0.3) is 0 Å². The summed E-state index contributed by atoms with van der Waals surface area (Å²) in [5.74, 6) is 0. The molecular weight excluding hydrogens is 203 g/mol. The summed E-state index contributed by atoms with van der Waals surface area (Å²) in [6, 6.07) is 10.3. The van der Waals surface area contributed by atoms with Crippen LogP contribution in [0.4, 0.5) is 0 Å². The van der Waals surface area contributed by atoms with Gasteiger partial charge in [0.05, 0.1) is 0 Å². The third-order valence-electron chi connectivity index (χ3n) is 2.45. The Bertz CT molecular complexity index is 273. The average Bonchev–Trinajstić information content (AvgIpc) is 2.20. The summed E-state index contributed by atoms with van der Waals surface area (Å²) in [6.07, 6.45) is 2.08. The van der Waals surface area contributed by atoms with Crippen molar-refractivity contribution < 1.29 is 38.8 Å². The van der Waals surface area contributed by atoms with Crippen molar-refractivity contribution in [3.05, 3.63) is 30.3 Å². The molecule has 70 valence electrons. The van der Waals surface area contributed by atoms with Crippen molar-refractivity contribution in [2.24, 2.45) is 0 Å². The largest absolute Gasteiger partial charge is 1.00 e. The third-order valence-corrected chi connectivity index (χ3v) is 5.34. The van der Waals surface area contributed by atoms with Crippen molar-refractivity contribution in [2.75, 3.05) is 6.61 Å². The molecule has 2 rings (SSSR count). The van der Waals surface area contributed by atoms with E-state index in [2.05, 4.69) is 0 Å². The molecule has 0 aromatic heterocycles. The zero-order valence-electron chi connectivity index (χ0n) is 8.53. The van der Waals surface area contributed by atoms with Gasteiger partial charge in [0.1, 0.15) is 8.56 Å². The van der Waals surface area contributed by atoms with Crippen molar-refractivity contribution in [1.29, 1.82) is 0 Å². The van der Waals surface area contributed by atoms with Gasteiger partial charge in [-0.15, -0.1) is 0 Å². The van der Waals surface area contributed by atoms with Crippen molar-refractivity contribution >= 4 is 13.7 Å². The number of hydrogen-bond acceptors (Lipinski definition) is 2. The Morgan fingerprint density at radius 2 is 1.86 bits per heavy atom. The summed E-state index contributed by atoms with van der Waals surface area (Å²) >= 11 is 0. The Kier molecular flexibility index (Phi) is 4.83. The topological polar surface area (TPSA) is 32.3 Å². The minimum absolute atomic E-state index is 0. The molecule has 2 nitrogen and oxygen atoms in total. The van der Waals surface area contributed by atoms with Gasteiger partial charge in [-0.05, 0) is 17.7 Å². The molecule has 1 aromatic rings. The average molecular weight is 216 g/mol. The molecule has 1 aromatic carbocycles. The fourth-order valence-corrected chi connectivity index (χ4v) is 4.18. The van der Waals surface area contributed by atoms with Crippen LogP contribution in [0.15, 0.2) is 30.3 Å². The molecule has 1 heterocycles. The Morgan fingerprint density at radius 3 is 2.43 bits per heavy atom. The fraction of sp³-hybridized carbons (Fsp3) is 0.400. The molecule has 0 N–H and O–H groups in total. The minimum Gasteiger partial charge on any atom is -0.835 e. The van der Waals surface area contributed by atoms with Crippen molar-refractivity contribution in [2.45, 2.75) is 18.9 Å². The maximum atomic E-state index is 12.2. The summed E-state index contributed by atoms with van der Waals surface area (Å²) in [5, 5.41) is 0.898. The summed E-state index contributed by atoms with van der Waals surface area (Å²) < 4.78 is 5.43. The van der Waals surface area contributed by atoms with Gasteiger partial charge < -0.3 is 9.22 Å². The summed E-state index contributed by atoms with van der Waals surface area (Å²) in [5.41, 5.74) is 0. The monoisotopic (exact) mass is 216 g/mol. The van der Waals surface area contributed by atoms with E-state index in [4.69, 9.17) is 4.43 Å². The van der Waals surface area contributed by atoms with Gasteiger partial charge in [-0.2, -0.15) is 0 Å². The smallest absolute Gasteiger partial charge is 0.835 e. The van der Waals surface area contributed by atoms with Crippen LogP contribution in [-0.4, -0.2) is 15.2 Å². The molecule has 0 aliphatic carbocycles. The quantitative estimate of drug-likeness (QED) is 0.487. The van der Waals surface area contributed by atoms with Gasteiger partial charge in [0.2, 0.25) is 0 Å². The number of benzene rings is 1. The van der Waals surface area contributed by atoms with Gasteiger partial charge in [0.15, 0.2) is 0 Å². The zero-order chi connectivity index (χ0) is 9.15. The van der Waals surface area contributed by atoms with E-state index in [1.807, 2.05) is 30.3 Å². The first kappa shape index (κ1) is 12.4. The van der Waals surface area contributed by atoms with E-state index in [1.54, 1.807) is 0 Å². The van der Waals surface area contributed by atoms with E-state index in [-0.39, 0.29) is 29.6 Å². The van der Waals surface area contributed by atoms with Crippen LogP contribution in [0, 0.1) is 0 Å². The second kappa shape index (κ2) is 5.44. The van der Waals surface area contributed by atoms with Crippen LogP contribution in [0.1, 0.15) is 12.8 Å². The van der Waals surface area contributed by atoms with Crippen LogP contribution in [-0.2, 0) is 4.43 Å². The summed E-state index contributed by atoms with van der Waals surface area (Å²) in [6.45, 7) is 0.657. The number of hydrogen-bond donors (Lipinski definition) is 0. The summed E-state index contributed by atoms with van der Waals surface area (Å²) in [4.78, 5) is 12.2. The van der Waals surface area contributed by atoms with E-state index in [0.29, 0.717) is 6.61 Å². The van der Waals surface area contributed by atoms with Gasteiger partial charge in [-0.25, -0.2) is 0 Å². The molecule has 1 aliphatic rings.